The average Bonchev–Trinajstić information content (AvgIpc) is 1.98. The number of amides is 1. The third-order valence-electron chi connectivity index (χ3n) is 2.56. The summed E-state index contributed by atoms with van der Waals surface area (Å²) in [6.45, 7) is 9.12. The number of piperazine rings is 1. The predicted molar refractivity (Wildman–Crippen MR) is 53.5 cm³/mol. The second-order valence-corrected chi connectivity index (χ2v) is 4.44. The highest BCUT2D eigenvalue weighted by molar-refractivity contribution is 5.79. The molecule has 1 saturated heterocycles. The standard InChI is InChI=1S/C10H20N2O/c1-8(2)5-12-6-9(3)11(4)10(13)7-12/h8-9H,5-7H2,1-4H3. The summed E-state index contributed by atoms with van der Waals surface area (Å²) in [5.74, 6) is 0.891. The van der Waals surface area contributed by atoms with E-state index in [-0.39, 0.29) is 5.91 Å². The van der Waals surface area contributed by atoms with Crippen LogP contribution < -0.4 is 0 Å². The van der Waals surface area contributed by atoms with Gasteiger partial charge in [-0.2, -0.15) is 0 Å². The van der Waals surface area contributed by atoms with E-state index in [2.05, 4.69) is 25.7 Å². The molecule has 0 radical (unpaired) electrons. The molecule has 1 rings (SSSR count). The molecule has 0 aromatic heterocycles. The molecule has 0 aromatic rings. The van der Waals surface area contributed by atoms with Crippen molar-refractivity contribution in [3.05, 3.63) is 0 Å². The molecule has 0 aromatic carbocycles. The zero-order chi connectivity index (χ0) is 10.0. The van der Waals surface area contributed by atoms with E-state index in [1.54, 1.807) is 0 Å². The summed E-state index contributed by atoms with van der Waals surface area (Å²) in [5, 5.41) is 0. The lowest BCUT2D eigenvalue weighted by molar-refractivity contribution is -0.137. The predicted octanol–water partition coefficient (Wildman–Crippen LogP) is 0.805. The van der Waals surface area contributed by atoms with Crippen LogP contribution in [-0.2, 0) is 4.79 Å². The van der Waals surface area contributed by atoms with Crippen molar-refractivity contribution in [2.24, 2.45) is 5.92 Å². The van der Waals surface area contributed by atoms with Gasteiger partial charge in [-0.15, -0.1) is 0 Å². The lowest BCUT2D eigenvalue weighted by Gasteiger charge is -2.37. The highest BCUT2D eigenvalue weighted by Gasteiger charge is 2.26. The zero-order valence-electron chi connectivity index (χ0n) is 9.08. The van der Waals surface area contributed by atoms with Gasteiger partial charge in [0.15, 0.2) is 0 Å². The van der Waals surface area contributed by atoms with Crippen LogP contribution in [0.1, 0.15) is 20.8 Å². The van der Waals surface area contributed by atoms with E-state index in [1.165, 1.54) is 0 Å². The van der Waals surface area contributed by atoms with Gasteiger partial charge in [0.05, 0.1) is 6.54 Å². The van der Waals surface area contributed by atoms with Crippen LogP contribution in [0.25, 0.3) is 0 Å². The van der Waals surface area contributed by atoms with E-state index in [4.69, 9.17) is 0 Å². The Morgan fingerprint density at radius 1 is 1.54 bits per heavy atom. The fourth-order valence-electron chi connectivity index (χ4n) is 1.76. The van der Waals surface area contributed by atoms with Crippen molar-refractivity contribution in [2.75, 3.05) is 26.7 Å². The van der Waals surface area contributed by atoms with Crippen LogP contribution in [0.4, 0.5) is 0 Å². The first kappa shape index (κ1) is 10.5. The molecule has 3 heteroatoms. The van der Waals surface area contributed by atoms with Crippen LogP contribution in [0.5, 0.6) is 0 Å². The van der Waals surface area contributed by atoms with E-state index < -0.39 is 0 Å². The highest BCUT2D eigenvalue weighted by Crippen LogP contribution is 2.09. The molecule has 1 aliphatic heterocycles. The van der Waals surface area contributed by atoms with E-state index in [9.17, 15) is 4.79 Å². The molecule has 1 fully saturated rings. The number of carbonyl (C=O) groups is 1. The Morgan fingerprint density at radius 3 is 2.62 bits per heavy atom. The van der Waals surface area contributed by atoms with Crippen LogP contribution in [0.2, 0.25) is 0 Å². The molecule has 0 aliphatic carbocycles. The monoisotopic (exact) mass is 184 g/mol. The van der Waals surface area contributed by atoms with Gasteiger partial charge in [0.25, 0.3) is 0 Å². The molecule has 0 spiro atoms. The maximum atomic E-state index is 11.5. The molecular formula is C10H20N2O. The lowest BCUT2D eigenvalue weighted by Crippen LogP contribution is -2.54. The van der Waals surface area contributed by atoms with Gasteiger partial charge < -0.3 is 4.90 Å². The molecule has 1 heterocycles. The maximum Gasteiger partial charge on any atom is 0.236 e. The number of nitrogens with zero attached hydrogens (tertiary/aromatic N) is 2. The topological polar surface area (TPSA) is 23.6 Å². The summed E-state index contributed by atoms with van der Waals surface area (Å²) in [4.78, 5) is 15.6. The second-order valence-electron chi connectivity index (χ2n) is 4.44. The van der Waals surface area contributed by atoms with Gasteiger partial charge in [-0.05, 0) is 12.8 Å². The van der Waals surface area contributed by atoms with E-state index in [1.807, 2.05) is 11.9 Å². The first-order valence-electron chi connectivity index (χ1n) is 4.98. The molecule has 76 valence electrons. The molecule has 1 unspecified atom stereocenters. The summed E-state index contributed by atoms with van der Waals surface area (Å²) >= 11 is 0. The third kappa shape index (κ3) is 2.69. The largest absolute Gasteiger partial charge is 0.341 e. The van der Waals surface area contributed by atoms with Crippen molar-refractivity contribution in [1.29, 1.82) is 0 Å². The minimum absolute atomic E-state index is 0.249. The molecule has 0 bridgehead atoms. The number of carbonyl (C=O) groups excluding carboxylic acids is 1. The van der Waals surface area contributed by atoms with Gasteiger partial charge in [0.2, 0.25) is 5.91 Å². The normalized spacial score (nSPS) is 25.8. The van der Waals surface area contributed by atoms with Crippen molar-refractivity contribution >= 4 is 5.91 Å². The average molecular weight is 184 g/mol. The minimum atomic E-state index is 0.249. The summed E-state index contributed by atoms with van der Waals surface area (Å²) in [5.41, 5.74) is 0. The van der Waals surface area contributed by atoms with Gasteiger partial charge in [-0.25, -0.2) is 0 Å². The van der Waals surface area contributed by atoms with Gasteiger partial charge >= 0.3 is 0 Å². The third-order valence-corrected chi connectivity index (χ3v) is 2.56. The van der Waals surface area contributed by atoms with Gasteiger partial charge in [0, 0.05) is 26.2 Å². The van der Waals surface area contributed by atoms with Crippen LogP contribution in [0.15, 0.2) is 0 Å². The number of hydrogen-bond acceptors (Lipinski definition) is 2. The van der Waals surface area contributed by atoms with Crippen molar-refractivity contribution in [1.82, 2.24) is 9.80 Å². The summed E-state index contributed by atoms with van der Waals surface area (Å²) in [7, 11) is 1.89. The molecule has 1 amide bonds. The first-order chi connectivity index (χ1) is 6.00. The number of hydrogen-bond donors (Lipinski definition) is 0. The Kier molecular flexibility index (Phi) is 3.31. The zero-order valence-corrected chi connectivity index (χ0v) is 9.08. The quantitative estimate of drug-likeness (QED) is 0.634. The summed E-state index contributed by atoms with van der Waals surface area (Å²) < 4.78 is 0. The Hall–Kier alpha value is -0.570. The van der Waals surface area contributed by atoms with Gasteiger partial charge in [-0.3, -0.25) is 9.69 Å². The van der Waals surface area contributed by atoms with Gasteiger partial charge in [-0.1, -0.05) is 13.8 Å². The molecule has 13 heavy (non-hydrogen) atoms. The molecule has 0 saturated carbocycles. The smallest absolute Gasteiger partial charge is 0.236 e. The molecule has 0 N–H and O–H groups in total. The van der Waals surface area contributed by atoms with Crippen molar-refractivity contribution in [3.63, 3.8) is 0 Å². The van der Waals surface area contributed by atoms with Crippen molar-refractivity contribution in [2.45, 2.75) is 26.8 Å². The van der Waals surface area contributed by atoms with Crippen LogP contribution in [0.3, 0.4) is 0 Å². The molecule has 1 atom stereocenters. The van der Waals surface area contributed by atoms with Crippen LogP contribution >= 0.6 is 0 Å². The molecule has 1 aliphatic rings. The highest BCUT2D eigenvalue weighted by atomic mass is 16.2. The summed E-state index contributed by atoms with van der Waals surface area (Å²) in [6, 6.07) is 0.361. The van der Waals surface area contributed by atoms with E-state index >= 15 is 0 Å². The van der Waals surface area contributed by atoms with Crippen LogP contribution in [-0.4, -0.2) is 48.4 Å². The Bertz CT molecular complexity index is 191. The number of likely N-dealkylation sites (N-methyl/N-ethyl adjacent to an activating group) is 1. The van der Waals surface area contributed by atoms with Crippen LogP contribution in [0, 0.1) is 5.92 Å². The summed E-state index contributed by atoms with van der Waals surface area (Å²) in [6.07, 6.45) is 0. The minimum Gasteiger partial charge on any atom is -0.341 e. The lowest BCUT2D eigenvalue weighted by atomic mass is 10.1. The molecular weight excluding hydrogens is 164 g/mol. The first-order valence-corrected chi connectivity index (χ1v) is 4.98. The van der Waals surface area contributed by atoms with E-state index in [0.717, 1.165) is 13.1 Å². The second kappa shape index (κ2) is 4.09. The van der Waals surface area contributed by atoms with Gasteiger partial charge in [0.1, 0.15) is 0 Å². The Balaban J connectivity index is 2.48. The SMILES string of the molecule is CC(C)CN1CC(=O)N(C)C(C)C1. The van der Waals surface area contributed by atoms with Crippen molar-refractivity contribution < 1.29 is 4.79 Å². The Morgan fingerprint density at radius 2 is 2.15 bits per heavy atom. The van der Waals surface area contributed by atoms with Crippen molar-refractivity contribution in [3.8, 4) is 0 Å². The maximum absolute atomic E-state index is 11.5. The number of rotatable bonds is 2. The Labute approximate surface area is 80.7 Å². The fraction of sp³-hybridized carbons (Fsp3) is 0.900. The fourth-order valence-corrected chi connectivity index (χ4v) is 1.76. The molecule has 3 nitrogen and oxygen atoms in total. The van der Waals surface area contributed by atoms with E-state index in [0.29, 0.717) is 18.5 Å².